The number of aliphatic hydroxyl groups excluding tert-OH is 1. The first-order chi connectivity index (χ1) is 36.2. The molecule has 6 fully saturated rings. The van der Waals surface area contributed by atoms with Crippen LogP contribution in [0.5, 0.6) is 0 Å². The van der Waals surface area contributed by atoms with Crippen LogP contribution in [0.2, 0.25) is 0 Å². The lowest BCUT2D eigenvalue weighted by Crippen LogP contribution is -2.60. The molecule has 10 rings (SSSR count). The van der Waals surface area contributed by atoms with E-state index in [1.54, 1.807) is 21.0 Å². The van der Waals surface area contributed by atoms with Gasteiger partial charge in [-0.15, -0.1) is 0 Å². The molecule has 3 N–H and O–H groups in total. The lowest BCUT2D eigenvalue weighted by atomic mass is 9.90. The fourth-order valence-electron chi connectivity index (χ4n) is 10.2. The third kappa shape index (κ3) is 17.4. The summed E-state index contributed by atoms with van der Waals surface area (Å²) in [4.78, 5) is 39.4. The van der Waals surface area contributed by atoms with Crippen LogP contribution < -0.4 is 0 Å². The Bertz CT molecular complexity index is 2670. The third-order valence-corrected chi connectivity index (χ3v) is 19.9. The third-order valence-electron chi connectivity index (χ3n) is 14.8. The second kappa shape index (κ2) is 28.2. The van der Waals surface area contributed by atoms with Crippen molar-refractivity contribution >= 4 is 124 Å². The maximum atomic E-state index is 13.1. The summed E-state index contributed by atoms with van der Waals surface area (Å²) >= 11 is 30.2. The summed E-state index contributed by atoms with van der Waals surface area (Å²) in [5.74, 6) is 2.01. The number of aromatic nitrogens is 4. The van der Waals surface area contributed by atoms with Crippen molar-refractivity contribution in [1.29, 1.82) is 0 Å². The number of aliphatic hydroxyl groups is 1. The number of halogens is 6. The Balaban J connectivity index is 0.000000167. The first-order valence-electron chi connectivity index (χ1n) is 25.8. The van der Waals surface area contributed by atoms with Crippen LogP contribution in [0.3, 0.4) is 0 Å². The minimum Gasteiger partial charge on any atom is -0.449 e. The highest BCUT2D eigenvalue weighted by molar-refractivity contribution is 7.90. The van der Waals surface area contributed by atoms with E-state index in [1.807, 2.05) is 24.5 Å². The molecule has 424 valence electrons. The number of sulfonamides is 2. The van der Waals surface area contributed by atoms with Gasteiger partial charge in [0, 0.05) is 108 Å². The Hall–Kier alpha value is -2.64. The second-order valence-corrected chi connectivity index (χ2v) is 28.5. The lowest BCUT2D eigenvalue weighted by molar-refractivity contribution is 0.0462. The molecule has 0 aromatic carbocycles. The summed E-state index contributed by atoms with van der Waals surface area (Å²) in [5.41, 5.74) is 4.29. The van der Waals surface area contributed by atoms with Crippen molar-refractivity contribution < 1.29 is 55.2 Å². The van der Waals surface area contributed by atoms with Gasteiger partial charge in [0.25, 0.3) is 0 Å². The average Bonchev–Trinajstić information content (AvgIpc) is 3.99. The Labute approximate surface area is 474 Å². The molecule has 0 radical (unpaired) electrons. The molecule has 19 nitrogen and oxygen atoms in total. The molecule has 4 aromatic heterocycles. The number of pyridine rings is 2. The summed E-state index contributed by atoms with van der Waals surface area (Å²) in [6, 6.07) is 8.03. The number of likely N-dealkylation sites (tertiary alicyclic amines) is 1. The topological polar surface area (TPSA) is 236 Å². The molecular weight excluding hydrogens is 1160 g/mol. The highest BCUT2D eigenvalue weighted by Crippen LogP contribution is 2.38. The van der Waals surface area contributed by atoms with E-state index >= 15 is 0 Å². The number of nitrogens with one attached hydrogen (secondary N) is 2. The van der Waals surface area contributed by atoms with E-state index < -0.39 is 45.5 Å². The van der Waals surface area contributed by atoms with Crippen LogP contribution in [0.15, 0.2) is 49.1 Å². The normalized spacial score (nSPS) is 20.5. The van der Waals surface area contributed by atoms with Crippen LogP contribution in [0.1, 0.15) is 106 Å². The van der Waals surface area contributed by atoms with Gasteiger partial charge in [0.05, 0.1) is 11.9 Å². The predicted molar refractivity (Wildman–Crippen MR) is 293 cm³/mol. The molecule has 9 heterocycles. The van der Waals surface area contributed by atoms with E-state index in [9.17, 15) is 26.4 Å². The zero-order chi connectivity index (χ0) is 54.5. The standard InChI is InChI=1S/C23H32N4O5S.C16H21N3O2S.C7H14O2.C3Cl6O3/c28-23(32-13-7-17-5-11-31-12-6-17)26-15-19(16-26)33(29,30)27-9-3-18(4-10-27)21-14-25-22-20(21)2-1-8-24-22;20-22(21,13-3-1-4-13)19-9-6-12(7-10-19)15-11-18-16-14(15)5-2-8-17-16;8-4-1-7-2-5-9-6-3-7;4-2(5,6)11-1(10)12-3(7,8)9/h1-2,8,14,17-19H,3-7,9-13,15-16H2,(H,24,25);2,5,8,11-13H,1,3-4,6-7,9-10H2,(H,17,18);7-8H,1-6H2;. The summed E-state index contributed by atoms with van der Waals surface area (Å²) in [5, 5.41) is 10.2. The molecule has 0 atom stereocenters. The maximum absolute atomic E-state index is 13.1. The molecular formula is C49H67Cl6N7O12S2. The Morgan fingerprint density at radius 2 is 1.08 bits per heavy atom. The monoisotopic (exact) mass is 1220 g/mol. The number of ether oxygens (including phenoxy) is 5. The number of carbonyl (C=O) groups is 2. The zero-order valence-corrected chi connectivity index (χ0v) is 48.2. The quantitative estimate of drug-likeness (QED) is 0.0937. The van der Waals surface area contributed by atoms with Gasteiger partial charge >= 0.3 is 20.2 Å². The minimum atomic E-state index is -3.41. The minimum absolute atomic E-state index is 0.110. The van der Waals surface area contributed by atoms with Gasteiger partial charge in [-0.05, 0) is 206 Å². The number of piperidine rings is 2. The maximum Gasteiger partial charge on any atom is 0.515 e. The number of fused-ring (bicyclic) bond motifs is 2. The summed E-state index contributed by atoms with van der Waals surface area (Å²) < 4.78 is 73.8. The van der Waals surface area contributed by atoms with Gasteiger partial charge < -0.3 is 43.7 Å². The van der Waals surface area contributed by atoms with Crippen molar-refractivity contribution in [2.45, 2.75) is 114 Å². The van der Waals surface area contributed by atoms with Crippen molar-refractivity contribution in [3.63, 3.8) is 0 Å². The largest absolute Gasteiger partial charge is 0.515 e. The fourth-order valence-corrected chi connectivity index (χ4v) is 14.5. The van der Waals surface area contributed by atoms with E-state index in [0.29, 0.717) is 57.1 Å². The van der Waals surface area contributed by atoms with Crippen molar-refractivity contribution in [3.05, 3.63) is 60.2 Å². The number of rotatable bonds is 11. The van der Waals surface area contributed by atoms with E-state index in [1.165, 1.54) is 21.4 Å². The summed E-state index contributed by atoms with van der Waals surface area (Å²) in [7, 11) is -6.46. The first kappa shape index (κ1) is 61.0. The Morgan fingerprint density at radius 3 is 1.49 bits per heavy atom. The SMILES string of the molecule is O=C(OC(Cl)(Cl)Cl)OC(Cl)(Cl)Cl.O=C(OCCC1CCOCC1)N1CC(S(=O)(=O)N2CCC(c3c[nH]c4ncccc34)CC2)C1.O=S(=O)(C1CCC1)N1CCC(c2c[nH]c3ncccc23)CC1.OCCC1CCOCC1. The molecule has 1 saturated carbocycles. The molecule has 6 aliphatic rings. The summed E-state index contributed by atoms with van der Waals surface area (Å²) in [6.45, 7) is 6.80. The van der Waals surface area contributed by atoms with E-state index in [0.717, 1.165) is 132 Å². The number of alkyl halides is 6. The van der Waals surface area contributed by atoms with Crippen LogP contribution in [0.25, 0.3) is 22.1 Å². The van der Waals surface area contributed by atoms with Gasteiger partial charge in [-0.1, -0.05) is 6.42 Å². The highest BCUT2D eigenvalue weighted by Gasteiger charge is 2.45. The van der Waals surface area contributed by atoms with E-state index in [4.69, 9.17) is 88.9 Å². The number of hydrogen-bond donors (Lipinski definition) is 3. The van der Waals surface area contributed by atoms with Crippen LogP contribution in [-0.4, -0.2) is 165 Å². The molecule has 4 aromatic rings. The molecule has 0 bridgehead atoms. The second-order valence-electron chi connectivity index (χ2n) is 19.7. The predicted octanol–water partition coefficient (Wildman–Crippen LogP) is 9.92. The van der Waals surface area contributed by atoms with Gasteiger partial charge in [0.15, 0.2) is 0 Å². The van der Waals surface area contributed by atoms with Crippen molar-refractivity contribution in [2.75, 3.05) is 78.9 Å². The van der Waals surface area contributed by atoms with Crippen LogP contribution in [-0.2, 0) is 43.7 Å². The van der Waals surface area contributed by atoms with Gasteiger partial charge in [0.1, 0.15) is 16.5 Å². The number of hydrogen-bond acceptors (Lipinski definition) is 14. The van der Waals surface area contributed by atoms with Gasteiger partial charge in [-0.25, -0.2) is 45.0 Å². The lowest BCUT2D eigenvalue weighted by Gasteiger charge is -2.41. The van der Waals surface area contributed by atoms with E-state index in [-0.39, 0.29) is 18.3 Å². The van der Waals surface area contributed by atoms with Crippen LogP contribution >= 0.6 is 69.6 Å². The van der Waals surface area contributed by atoms with Crippen molar-refractivity contribution in [2.24, 2.45) is 11.8 Å². The molecule has 5 saturated heterocycles. The average molecular weight is 1220 g/mol. The molecule has 0 unspecified atom stereocenters. The number of amides is 1. The highest BCUT2D eigenvalue weighted by atomic mass is 35.6. The van der Waals surface area contributed by atoms with Crippen molar-refractivity contribution in [3.8, 4) is 0 Å². The van der Waals surface area contributed by atoms with Crippen molar-refractivity contribution in [1.82, 2.24) is 33.4 Å². The fraction of sp³-hybridized carbons (Fsp3) is 0.673. The molecule has 27 heteroatoms. The Morgan fingerprint density at radius 1 is 0.645 bits per heavy atom. The molecule has 1 aliphatic carbocycles. The van der Waals surface area contributed by atoms with Gasteiger partial charge in [-0.2, -0.15) is 0 Å². The first-order valence-corrected chi connectivity index (χ1v) is 31.0. The molecule has 0 spiro atoms. The number of carbonyl (C=O) groups excluding carboxylic acids is 2. The number of H-pyrrole nitrogens is 2. The number of nitrogens with zero attached hydrogens (tertiary/aromatic N) is 5. The molecule has 5 aliphatic heterocycles. The number of aromatic amines is 2. The van der Waals surface area contributed by atoms with Gasteiger partial charge in [-0.3, -0.25) is 0 Å². The summed E-state index contributed by atoms with van der Waals surface area (Å²) in [6.07, 6.45) is 18.0. The van der Waals surface area contributed by atoms with Gasteiger partial charge in [0.2, 0.25) is 20.0 Å². The van der Waals surface area contributed by atoms with E-state index in [2.05, 4.69) is 41.5 Å². The Kier molecular flexibility index (Phi) is 22.6. The zero-order valence-electron chi connectivity index (χ0n) is 42.0. The molecule has 1 amide bonds. The van der Waals surface area contributed by atoms with Crippen LogP contribution in [0, 0.1) is 11.8 Å². The molecule has 76 heavy (non-hydrogen) atoms. The van der Waals surface area contributed by atoms with Crippen LogP contribution in [0.4, 0.5) is 9.59 Å². The smallest absolute Gasteiger partial charge is 0.449 e.